The standard InChI is InChI=1S/C14H12Br2N2O2S/c1-9-2-4-11(21-9)7-17-18-14(19)8-20-13-5-3-10(15)6-12(13)16/h2-7H,8H2,1H3,(H,18,19). The van der Waals surface area contributed by atoms with Crippen LogP contribution in [0.1, 0.15) is 9.75 Å². The molecule has 1 N–H and O–H groups in total. The van der Waals surface area contributed by atoms with E-state index < -0.39 is 0 Å². The predicted molar refractivity (Wildman–Crippen MR) is 92.1 cm³/mol. The summed E-state index contributed by atoms with van der Waals surface area (Å²) in [6.45, 7) is 1.92. The summed E-state index contributed by atoms with van der Waals surface area (Å²) in [5.74, 6) is 0.292. The highest BCUT2D eigenvalue weighted by Gasteiger charge is 2.05. The molecule has 0 fully saturated rings. The molecule has 0 saturated carbocycles. The summed E-state index contributed by atoms with van der Waals surface area (Å²) in [5, 5.41) is 3.89. The van der Waals surface area contributed by atoms with Crippen LogP contribution >= 0.6 is 43.2 Å². The van der Waals surface area contributed by atoms with Crippen molar-refractivity contribution >= 4 is 55.3 Å². The summed E-state index contributed by atoms with van der Waals surface area (Å²) in [5.41, 5.74) is 2.43. The molecular weight excluding hydrogens is 420 g/mol. The van der Waals surface area contributed by atoms with E-state index in [4.69, 9.17) is 4.74 Å². The van der Waals surface area contributed by atoms with Gasteiger partial charge < -0.3 is 4.74 Å². The van der Waals surface area contributed by atoms with E-state index in [9.17, 15) is 4.79 Å². The average Bonchev–Trinajstić information content (AvgIpc) is 2.83. The van der Waals surface area contributed by atoms with E-state index in [2.05, 4.69) is 42.4 Å². The SMILES string of the molecule is Cc1ccc(C=NNC(=O)COc2ccc(Br)cc2Br)s1. The Kier molecular flexibility index (Phi) is 5.96. The zero-order chi connectivity index (χ0) is 15.2. The summed E-state index contributed by atoms with van der Waals surface area (Å²) >= 11 is 8.33. The number of rotatable bonds is 5. The molecule has 110 valence electrons. The van der Waals surface area contributed by atoms with Crippen molar-refractivity contribution in [1.29, 1.82) is 0 Å². The first-order valence-corrected chi connectivity index (χ1v) is 8.41. The van der Waals surface area contributed by atoms with Crippen molar-refractivity contribution in [2.24, 2.45) is 5.10 Å². The lowest BCUT2D eigenvalue weighted by Gasteiger charge is -2.07. The van der Waals surface area contributed by atoms with Crippen LogP contribution < -0.4 is 10.2 Å². The maximum absolute atomic E-state index is 11.6. The second-order valence-corrected chi connectivity index (χ2v) is 7.19. The number of hydrogen-bond donors (Lipinski definition) is 1. The molecule has 0 saturated heterocycles. The van der Waals surface area contributed by atoms with Crippen LogP contribution in [0.2, 0.25) is 0 Å². The first kappa shape index (κ1) is 16.2. The Hall–Kier alpha value is -1.18. The van der Waals surface area contributed by atoms with Crippen LogP contribution in [0.25, 0.3) is 0 Å². The number of benzene rings is 1. The van der Waals surface area contributed by atoms with Crippen molar-refractivity contribution < 1.29 is 9.53 Å². The zero-order valence-electron chi connectivity index (χ0n) is 11.1. The van der Waals surface area contributed by atoms with E-state index in [-0.39, 0.29) is 12.5 Å². The molecule has 0 aliphatic carbocycles. The van der Waals surface area contributed by atoms with Gasteiger partial charge in [-0.15, -0.1) is 11.3 Å². The van der Waals surface area contributed by atoms with Gasteiger partial charge >= 0.3 is 0 Å². The smallest absolute Gasteiger partial charge is 0.277 e. The molecule has 0 aliphatic heterocycles. The van der Waals surface area contributed by atoms with Crippen molar-refractivity contribution in [1.82, 2.24) is 5.43 Å². The molecule has 0 aliphatic rings. The van der Waals surface area contributed by atoms with Crippen LogP contribution in [-0.4, -0.2) is 18.7 Å². The largest absolute Gasteiger partial charge is 0.483 e. The van der Waals surface area contributed by atoms with Gasteiger partial charge in [0, 0.05) is 14.2 Å². The number of carbonyl (C=O) groups is 1. The third-order valence-corrected chi connectivity index (χ3v) is 4.44. The van der Waals surface area contributed by atoms with E-state index in [0.29, 0.717) is 5.75 Å². The number of hydrogen-bond acceptors (Lipinski definition) is 4. The second-order valence-electron chi connectivity index (χ2n) is 4.11. The molecular formula is C14H12Br2N2O2S. The van der Waals surface area contributed by atoms with Crippen LogP contribution in [-0.2, 0) is 4.79 Å². The fraction of sp³-hybridized carbons (Fsp3) is 0.143. The van der Waals surface area contributed by atoms with Gasteiger partial charge in [0.25, 0.3) is 5.91 Å². The minimum absolute atomic E-state index is 0.0962. The number of nitrogens with zero attached hydrogens (tertiary/aromatic N) is 1. The van der Waals surface area contributed by atoms with E-state index >= 15 is 0 Å². The van der Waals surface area contributed by atoms with Crippen molar-refractivity contribution in [3.05, 3.63) is 49.0 Å². The fourth-order valence-corrected chi connectivity index (χ4v) is 3.37. The van der Waals surface area contributed by atoms with Crippen LogP contribution in [0, 0.1) is 6.92 Å². The van der Waals surface area contributed by atoms with Gasteiger partial charge in [-0.3, -0.25) is 4.79 Å². The molecule has 2 aromatic rings. The van der Waals surface area contributed by atoms with E-state index in [1.165, 1.54) is 4.88 Å². The molecule has 7 heteroatoms. The van der Waals surface area contributed by atoms with Crippen LogP contribution in [0.3, 0.4) is 0 Å². The first-order valence-electron chi connectivity index (χ1n) is 6.01. The number of nitrogens with one attached hydrogen (secondary N) is 1. The lowest BCUT2D eigenvalue weighted by atomic mass is 10.3. The van der Waals surface area contributed by atoms with Gasteiger partial charge in [-0.2, -0.15) is 5.10 Å². The molecule has 21 heavy (non-hydrogen) atoms. The Morgan fingerprint density at radius 2 is 2.19 bits per heavy atom. The van der Waals surface area contributed by atoms with Gasteiger partial charge in [-0.25, -0.2) is 5.43 Å². The Labute approximate surface area is 143 Å². The van der Waals surface area contributed by atoms with Crippen LogP contribution in [0.4, 0.5) is 0 Å². The third kappa shape index (κ3) is 5.26. The van der Waals surface area contributed by atoms with E-state index in [1.807, 2.05) is 31.2 Å². The van der Waals surface area contributed by atoms with Crippen LogP contribution in [0.15, 0.2) is 44.4 Å². The van der Waals surface area contributed by atoms with Gasteiger partial charge in [0.05, 0.1) is 10.7 Å². The lowest BCUT2D eigenvalue weighted by molar-refractivity contribution is -0.123. The summed E-state index contributed by atoms with van der Waals surface area (Å²) in [7, 11) is 0. The molecule has 1 aromatic heterocycles. The number of hydrazone groups is 1. The maximum atomic E-state index is 11.6. The summed E-state index contributed by atoms with van der Waals surface area (Å²) in [6.07, 6.45) is 1.62. The molecule has 1 aromatic carbocycles. The highest BCUT2D eigenvalue weighted by Crippen LogP contribution is 2.28. The fourth-order valence-electron chi connectivity index (χ4n) is 1.46. The minimum atomic E-state index is -0.311. The number of ether oxygens (including phenoxy) is 1. The number of carbonyl (C=O) groups excluding carboxylic acids is 1. The molecule has 0 atom stereocenters. The topological polar surface area (TPSA) is 50.7 Å². The van der Waals surface area contributed by atoms with Crippen molar-refractivity contribution in [2.75, 3.05) is 6.61 Å². The van der Waals surface area contributed by atoms with Crippen molar-refractivity contribution in [3.63, 3.8) is 0 Å². The Balaban J connectivity index is 1.81. The molecule has 0 bridgehead atoms. The number of amides is 1. The molecule has 0 spiro atoms. The highest BCUT2D eigenvalue weighted by molar-refractivity contribution is 9.11. The van der Waals surface area contributed by atoms with Crippen molar-refractivity contribution in [2.45, 2.75) is 6.92 Å². The molecule has 1 heterocycles. The Morgan fingerprint density at radius 3 is 2.86 bits per heavy atom. The molecule has 4 nitrogen and oxygen atoms in total. The molecule has 0 unspecified atom stereocenters. The number of aryl methyl sites for hydroxylation is 1. The monoisotopic (exact) mass is 430 g/mol. The Bertz CT molecular complexity index is 671. The van der Waals surface area contributed by atoms with E-state index in [1.54, 1.807) is 23.6 Å². The molecule has 1 amide bonds. The average molecular weight is 432 g/mol. The first-order chi connectivity index (χ1) is 10.0. The normalized spacial score (nSPS) is 10.8. The predicted octanol–water partition coefficient (Wildman–Crippen LogP) is 4.11. The van der Waals surface area contributed by atoms with Gasteiger partial charge in [0.2, 0.25) is 0 Å². The second kappa shape index (κ2) is 7.72. The quantitative estimate of drug-likeness (QED) is 0.572. The lowest BCUT2D eigenvalue weighted by Crippen LogP contribution is -2.24. The van der Waals surface area contributed by atoms with Gasteiger partial charge in [-0.05, 0) is 53.2 Å². The van der Waals surface area contributed by atoms with Crippen LogP contribution in [0.5, 0.6) is 5.75 Å². The number of thiophene rings is 1. The minimum Gasteiger partial charge on any atom is -0.483 e. The highest BCUT2D eigenvalue weighted by atomic mass is 79.9. The van der Waals surface area contributed by atoms with Gasteiger partial charge in [0.1, 0.15) is 5.75 Å². The van der Waals surface area contributed by atoms with E-state index in [0.717, 1.165) is 13.8 Å². The number of halogens is 2. The van der Waals surface area contributed by atoms with Gasteiger partial charge in [-0.1, -0.05) is 15.9 Å². The summed E-state index contributed by atoms with van der Waals surface area (Å²) < 4.78 is 7.12. The third-order valence-electron chi connectivity index (χ3n) is 2.39. The summed E-state index contributed by atoms with van der Waals surface area (Å²) in [6, 6.07) is 9.42. The molecule has 2 rings (SSSR count). The summed E-state index contributed by atoms with van der Waals surface area (Å²) in [4.78, 5) is 13.8. The Morgan fingerprint density at radius 1 is 1.38 bits per heavy atom. The molecule has 0 radical (unpaired) electrons. The zero-order valence-corrected chi connectivity index (χ0v) is 15.1. The maximum Gasteiger partial charge on any atom is 0.277 e. The van der Waals surface area contributed by atoms with Gasteiger partial charge in [0.15, 0.2) is 6.61 Å². The van der Waals surface area contributed by atoms with Crippen molar-refractivity contribution in [3.8, 4) is 5.75 Å².